The van der Waals surface area contributed by atoms with E-state index in [1.54, 1.807) is 26.3 Å². The zero-order valence-corrected chi connectivity index (χ0v) is 16.4. The van der Waals surface area contributed by atoms with Gasteiger partial charge in [0.1, 0.15) is 5.75 Å². The minimum absolute atomic E-state index is 0. The maximum absolute atomic E-state index is 10.6. The predicted octanol–water partition coefficient (Wildman–Crippen LogP) is 3.09. The second-order valence-electron chi connectivity index (χ2n) is 5.05. The van der Waals surface area contributed by atoms with Crippen LogP contribution in [0.5, 0.6) is 5.75 Å². The molecule has 2 rings (SSSR count). The summed E-state index contributed by atoms with van der Waals surface area (Å²) in [7, 11) is 3.33. The largest absolute Gasteiger partial charge is 0.497 e. The molecular formula is C17H21IN4O3. The monoisotopic (exact) mass is 456 g/mol. The summed E-state index contributed by atoms with van der Waals surface area (Å²) in [5, 5.41) is 17.0. The molecule has 0 heterocycles. The molecule has 0 unspecified atom stereocenters. The fourth-order valence-corrected chi connectivity index (χ4v) is 2.07. The summed E-state index contributed by atoms with van der Waals surface area (Å²) in [6.07, 6.45) is 0. The Morgan fingerprint density at radius 3 is 1.92 bits per heavy atom. The topological polar surface area (TPSA) is 88.8 Å². The molecule has 0 aromatic heterocycles. The molecule has 0 aliphatic carbocycles. The number of rotatable bonds is 6. The first kappa shape index (κ1) is 20.7. The Morgan fingerprint density at radius 2 is 1.52 bits per heavy atom. The van der Waals surface area contributed by atoms with Crippen LogP contribution in [0.3, 0.4) is 0 Å². The molecular weight excluding hydrogens is 435 g/mol. The van der Waals surface area contributed by atoms with Crippen molar-refractivity contribution in [1.82, 2.24) is 10.6 Å². The second-order valence-corrected chi connectivity index (χ2v) is 5.05. The number of halogens is 1. The average Bonchev–Trinajstić information content (AvgIpc) is 2.62. The number of methoxy groups -OCH3 is 1. The van der Waals surface area contributed by atoms with Gasteiger partial charge in [-0.05, 0) is 23.3 Å². The van der Waals surface area contributed by atoms with E-state index in [4.69, 9.17) is 4.74 Å². The highest BCUT2D eigenvalue weighted by atomic mass is 127. The number of ether oxygens (including phenoxy) is 1. The molecule has 0 atom stereocenters. The molecule has 25 heavy (non-hydrogen) atoms. The SMILES string of the molecule is CN=C(NCc1ccc(OC)cc1)NCc1ccc([N+](=O)[O-])cc1.I. The second kappa shape index (κ2) is 10.5. The molecule has 0 spiro atoms. The lowest BCUT2D eigenvalue weighted by molar-refractivity contribution is -0.384. The number of hydrogen-bond acceptors (Lipinski definition) is 4. The van der Waals surface area contributed by atoms with Crippen LogP contribution >= 0.6 is 24.0 Å². The number of aliphatic imine (C=N–C) groups is 1. The summed E-state index contributed by atoms with van der Waals surface area (Å²) >= 11 is 0. The van der Waals surface area contributed by atoms with Crippen LogP contribution in [-0.2, 0) is 13.1 Å². The fraction of sp³-hybridized carbons (Fsp3) is 0.235. The highest BCUT2D eigenvalue weighted by molar-refractivity contribution is 14.0. The Bertz CT molecular complexity index is 703. The summed E-state index contributed by atoms with van der Waals surface area (Å²) in [6, 6.07) is 14.2. The lowest BCUT2D eigenvalue weighted by atomic mass is 10.2. The van der Waals surface area contributed by atoms with Crippen molar-refractivity contribution in [2.75, 3.05) is 14.2 Å². The Labute approximate surface area is 163 Å². The van der Waals surface area contributed by atoms with E-state index in [2.05, 4.69) is 15.6 Å². The van der Waals surface area contributed by atoms with E-state index in [-0.39, 0.29) is 29.7 Å². The van der Waals surface area contributed by atoms with Crippen molar-refractivity contribution in [1.29, 1.82) is 0 Å². The van der Waals surface area contributed by atoms with Gasteiger partial charge in [0.25, 0.3) is 5.69 Å². The average molecular weight is 456 g/mol. The fourth-order valence-electron chi connectivity index (χ4n) is 2.07. The van der Waals surface area contributed by atoms with Crippen LogP contribution in [0.4, 0.5) is 5.69 Å². The lowest BCUT2D eigenvalue weighted by Gasteiger charge is -2.12. The Kier molecular flexibility index (Phi) is 8.68. The third-order valence-electron chi connectivity index (χ3n) is 3.45. The van der Waals surface area contributed by atoms with Crippen molar-refractivity contribution in [3.05, 3.63) is 69.8 Å². The predicted molar refractivity (Wildman–Crippen MR) is 109 cm³/mol. The molecule has 0 fully saturated rings. The van der Waals surface area contributed by atoms with Gasteiger partial charge in [0.15, 0.2) is 5.96 Å². The number of nitro benzene ring substituents is 1. The molecule has 0 bridgehead atoms. The van der Waals surface area contributed by atoms with E-state index in [1.165, 1.54) is 12.1 Å². The first-order valence-corrected chi connectivity index (χ1v) is 7.43. The zero-order valence-electron chi connectivity index (χ0n) is 14.1. The molecule has 8 heteroatoms. The van der Waals surface area contributed by atoms with Gasteiger partial charge in [0.05, 0.1) is 12.0 Å². The molecule has 0 saturated carbocycles. The Balaban J connectivity index is 0.00000312. The third kappa shape index (κ3) is 6.57. The van der Waals surface area contributed by atoms with Crippen LogP contribution < -0.4 is 15.4 Å². The van der Waals surface area contributed by atoms with E-state index in [0.717, 1.165) is 16.9 Å². The molecule has 7 nitrogen and oxygen atoms in total. The van der Waals surface area contributed by atoms with E-state index in [9.17, 15) is 10.1 Å². The highest BCUT2D eigenvalue weighted by Gasteiger charge is 2.04. The summed E-state index contributed by atoms with van der Waals surface area (Å²) < 4.78 is 5.13. The van der Waals surface area contributed by atoms with Gasteiger partial charge < -0.3 is 15.4 Å². The molecule has 0 saturated heterocycles. The number of nitrogens with zero attached hydrogens (tertiary/aromatic N) is 2. The van der Waals surface area contributed by atoms with E-state index in [1.807, 2.05) is 24.3 Å². The maximum atomic E-state index is 10.6. The van der Waals surface area contributed by atoms with Crippen LogP contribution in [0.15, 0.2) is 53.5 Å². The van der Waals surface area contributed by atoms with Gasteiger partial charge in [-0.2, -0.15) is 0 Å². The van der Waals surface area contributed by atoms with Crippen LogP contribution in [0.1, 0.15) is 11.1 Å². The Hall–Kier alpha value is -2.36. The molecule has 0 amide bonds. The summed E-state index contributed by atoms with van der Waals surface area (Å²) in [6.45, 7) is 1.16. The van der Waals surface area contributed by atoms with Gasteiger partial charge in [-0.25, -0.2) is 0 Å². The van der Waals surface area contributed by atoms with Crippen molar-refractivity contribution in [3.63, 3.8) is 0 Å². The van der Waals surface area contributed by atoms with Crippen LogP contribution in [0.2, 0.25) is 0 Å². The van der Waals surface area contributed by atoms with Gasteiger partial charge in [0, 0.05) is 32.3 Å². The minimum atomic E-state index is -0.410. The van der Waals surface area contributed by atoms with Gasteiger partial charge in [0.2, 0.25) is 0 Å². The number of benzene rings is 2. The number of nitro groups is 1. The normalized spacial score (nSPS) is 10.6. The standard InChI is InChI=1S/C17H20N4O3.HI/c1-18-17(20-12-14-5-9-16(24-2)10-6-14)19-11-13-3-7-15(8-4-13)21(22)23;/h3-10H,11-12H2,1-2H3,(H2,18,19,20);1H. The van der Waals surface area contributed by atoms with Crippen molar-refractivity contribution < 1.29 is 9.66 Å². The van der Waals surface area contributed by atoms with Crippen molar-refractivity contribution in [2.45, 2.75) is 13.1 Å². The van der Waals surface area contributed by atoms with Gasteiger partial charge >= 0.3 is 0 Å². The van der Waals surface area contributed by atoms with E-state index < -0.39 is 4.92 Å². The molecule has 2 N–H and O–H groups in total. The lowest BCUT2D eigenvalue weighted by Crippen LogP contribution is -2.36. The number of non-ortho nitro benzene ring substituents is 1. The highest BCUT2D eigenvalue weighted by Crippen LogP contribution is 2.12. The number of hydrogen-bond donors (Lipinski definition) is 2. The maximum Gasteiger partial charge on any atom is 0.269 e. The summed E-state index contributed by atoms with van der Waals surface area (Å²) in [4.78, 5) is 14.4. The van der Waals surface area contributed by atoms with Crippen molar-refractivity contribution in [3.8, 4) is 5.75 Å². The van der Waals surface area contributed by atoms with Crippen molar-refractivity contribution >= 4 is 35.6 Å². The first-order valence-electron chi connectivity index (χ1n) is 7.43. The molecule has 0 aliphatic heterocycles. The molecule has 134 valence electrons. The van der Waals surface area contributed by atoms with Gasteiger partial charge in [-0.3, -0.25) is 15.1 Å². The number of nitrogens with one attached hydrogen (secondary N) is 2. The molecule has 0 aliphatic rings. The minimum Gasteiger partial charge on any atom is -0.497 e. The molecule has 2 aromatic carbocycles. The van der Waals surface area contributed by atoms with Gasteiger partial charge in [-0.15, -0.1) is 24.0 Å². The van der Waals surface area contributed by atoms with Gasteiger partial charge in [-0.1, -0.05) is 24.3 Å². The zero-order chi connectivity index (χ0) is 17.4. The van der Waals surface area contributed by atoms with E-state index in [0.29, 0.717) is 19.0 Å². The van der Waals surface area contributed by atoms with Crippen molar-refractivity contribution in [2.24, 2.45) is 4.99 Å². The van der Waals surface area contributed by atoms with E-state index >= 15 is 0 Å². The molecule has 0 radical (unpaired) electrons. The smallest absolute Gasteiger partial charge is 0.269 e. The third-order valence-corrected chi connectivity index (χ3v) is 3.45. The number of guanidine groups is 1. The molecule has 2 aromatic rings. The quantitative estimate of drug-likeness (QED) is 0.229. The van der Waals surface area contributed by atoms with Crippen LogP contribution in [0, 0.1) is 10.1 Å². The first-order chi connectivity index (χ1) is 11.6. The van der Waals surface area contributed by atoms with Crippen LogP contribution in [-0.4, -0.2) is 25.0 Å². The summed E-state index contributed by atoms with van der Waals surface area (Å²) in [5.74, 6) is 1.48. The van der Waals surface area contributed by atoms with Crippen LogP contribution in [0.25, 0.3) is 0 Å². The summed E-state index contributed by atoms with van der Waals surface area (Å²) in [5.41, 5.74) is 2.13. The Morgan fingerprint density at radius 1 is 1.04 bits per heavy atom.